The normalized spacial score (nSPS) is 17.5. The molecule has 0 spiro atoms. The van der Waals surface area contributed by atoms with Crippen LogP contribution in [0.25, 0.3) is 0 Å². The Labute approximate surface area is 106 Å². The third kappa shape index (κ3) is 2.57. The minimum atomic E-state index is -3.14. The molecular weight excluding hydrogens is 256 g/mol. The van der Waals surface area contributed by atoms with Crippen LogP contribution >= 0.6 is 12.2 Å². The molecule has 2 rings (SSSR count). The van der Waals surface area contributed by atoms with Gasteiger partial charge in [0.25, 0.3) is 0 Å². The Bertz CT molecular complexity index is 590. The van der Waals surface area contributed by atoms with Gasteiger partial charge in [0.2, 0.25) is 0 Å². The SMILES string of the molecule is CC(c1nc(=S)c2c([nH]1)CCCC2)S(C)(=O)=O. The second kappa shape index (κ2) is 4.49. The maximum Gasteiger partial charge on any atom is 0.157 e. The zero-order chi connectivity index (χ0) is 12.6. The minimum Gasteiger partial charge on any atom is -0.346 e. The number of aromatic nitrogens is 2. The van der Waals surface area contributed by atoms with Crippen molar-refractivity contribution in [1.29, 1.82) is 0 Å². The van der Waals surface area contributed by atoms with Crippen LogP contribution in [0.4, 0.5) is 0 Å². The van der Waals surface area contributed by atoms with Gasteiger partial charge in [0.1, 0.15) is 15.7 Å². The van der Waals surface area contributed by atoms with E-state index >= 15 is 0 Å². The summed E-state index contributed by atoms with van der Waals surface area (Å²) in [6.45, 7) is 1.64. The molecular formula is C11H16N2O2S2. The summed E-state index contributed by atoms with van der Waals surface area (Å²) in [6, 6.07) is 0. The summed E-state index contributed by atoms with van der Waals surface area (Å²) in [5.74, 6) is 0.471. The van der Waals surface area contributed by atoms with Crippen molar-refractivity contribution >= 4 is 22.1 Å². The molecule has 0 saturated carbocycles. The summed E-state index contributed by atoms with van der Waals surface area (Å²) in [5, 5.41) is -0.628. The van der Waals surface area contributed by atoms with E-state index < -0.39 is 15.1 Å². The average molecular weight is 272 g/mol. The average Bonchev–Trinajstić information content (AvgIpc) is 2.27. The molecule has 17 heavy (non-hydrogen) atoms. The van der Waals surface area contributed by atoms with E-state index in [0.717, 1.165) is 36.9 Å². The molecule has 0 bridgehead atoms. The van der Waals surface area contributed by atoms with Gasteiger partial charge >= 0.3 is 0 Å². The number of nitrogens with zero attached hydrogens (tertiary/aromatic N) is 1. The molecule has 1 aliphatic carbocycles. The number of fused-ring (bicyclic) bond motifs is 1. The van der Waals surface area contributed by atoms with Crippen molar-refractivity contribution in [1.82, 2.24) is 9.97 Å². The molecule has 1 aliphatic rings. The molecule has 1 heterocycles. The molecule has 1 aromatic rings. The molecule has 4 nitrogen and oxygen atoms in total. The molecule has 0 saturated heterocycles. The molecule has 1 unspecified atom stereocenters. The summed E-state index contributed by atoms with van der Waals surface area (Å²) >= 11 is 5.24. The van der Waals surface area contributed by atoms with Crippen LogP contribution in [0.3, 0.4) is 0 Å². The van der Waals surface area contributed by atoms with Crippen LogP contribution in [0.2, 0.25) is 0 Å². The summed E-state index contributed by atoms with van der Waals surface area (Å²) in [7, 11) is -3.14. The Kier molecular flexibility index (Phi) is 3.36. The van der Waals surface area contributed by atoms with Gasteiger partial charge in [-0.25, -0.2) is 13.4 Å². The molecule has 6 heteroatoms. The van der Waals surface area contributed by atoms with Crippen LogP contribution in [0.15, 0.2) is 0 Å². The lowest BCUT2D eigenvalue weighted by Gasteiger charge is -2.18. The smallest absolute Gasteiger partial charge is 0.157 e. The van der Waals surface area contributed by atoms with Gasteiger partial charge in [0.15, 0.2) is 9.84 Å². The van der Waals surface area contributed by atoms with Crippen LogP contribution in [0, 0.1) is 4.64 Å². The van der Waals surface area contributed by atoms with E-state index in [9.17, 15) is 8.42 Å². The maximum absolute atomic E-state index is 11.5. The van der Waals surface area contributed by atoms with Crippen LogP contribution in [-0.4, -0.2) is 24.6 Å². The summed E-state index contributed by atoms with van der Waals surface area (Å²) in [6.07, 6.45) is 5.36. The van der Waals surface area contributed by atoms with Gasteiger partial charge in [0.05, 0.1) is 0 Å². The molecule has 0 fully saturated rings. The van der Waals surface area contributed by atoms with E-state index in [-0.39, 0.29) is 0 Å². The van der Waals surface area contributed by atoms with Crippen molar-refractivity contribution < 1.29 is 8.42 Å². The van der Waals surface area contributed by atoms with Crippen molar-refractivity contribution in [3.05, 3.63) is 21.7 Å². The van der Waals surface area contributed by atoms with Gasteiger partial charge in [-0.3, -0.25) is 0 Å². The summed E-state index contributed by atoms with van der Waals surface area (Å²) < 4.78 is 23.6. The molecule has 1 aromatic heterocycles. The van der Waals surface area contributed by atoms with Gasteiger partial charge < -0.3 is 4.98 Å². The third-order valence-corrected chi connectivity index (χ3v) is 5.10. The first-order valence-electron chi connectivity index (χ1n) is 5.70. The Morgan fingerprint density at radius 3 is 2.65 bits per heavy atom. The zero-order valence-electron chi connectivity index (χ0n) is 9.99. The van der Waals surface area contributed by atoms with Crippen LogP contribution < -0.4 is 0 Å². The first-order chi connectivity index (χ1) is 7.89. The molecule has 0 aromatic carbocycles. The fourth-order valence-corrected chi connectivity index (χ4v) is 2.87. The first kappa shape index (κ1) is 12.7. The predicted molar refractivity (Wildman–Crippen MR) is 69.3 cm³/mol. The highest BCUT2D eigenvalue weighted by molar-refractivity contribution is 7.90. The standard InChI is InChI=1S/C11H16N2O2S2/c1-7(17(2,14)15)10-12-9-6-4-3-5-8(9)11(16)13-10/h7H,3-6H2,1-2H3,(H,12,13,16). The lowest BCUT2D eigenvalue weighted by molar-refractivity contribution is 0.586. The van der Waals surface area contributed by atoms with Crippen molar-refractivity contribution in [2.75, 3.05) is 6.26 Å². The quantitative estimate of drug-likeness (QED) is 0.838. The summed E-state index contributed by atoms with van der Waals surface area (Å²) in [4.78, 5) is 7.39. The third-order valence-electron chi connectivity index (χ3n) is 3.25. The van der Waals surface area contributed by atoms with Gasteiger partial charge in [-0.2, -0.15) is 0 Å². The number of aryl methyl sites for hydroxylation is 1. The number of hydrogen-bond acceptors (Lipinski definition) is 4. The van der Waals surface area contributed by atoms with E-state index in [2.05, 4.69) is 9.97 Å². The topological polar surface area (TPSA) is 62.8 Å². The number of sulfone groups is 1. The predicted octanol–water partition coefficient (Wildman–Crippen LogP) is 2.12. The Hall–Kier alpha value is -0.750. The van der Waals surface area contributed by atoms with Gasteiger partial charge in [0, 0.05) is 17.5 Å². The number of nitrogens with one attached hydrogen (secondary N) is 1. The maximum atomic E-state index is 11.5. The van der Waals surface area contributed by atoms with Crippen LogP contribution in [0.1, 0.15) is 42.1 Å². The number of H-pyrrole nitrogens is 1. The monoisotopic (exact) mass is 272 g/mol. The van der Waals surface area contributed by atoms with Crippen molar-refractivity contribution in [2.24, 2.45) is 0 Å². The van der Waals surface area contributed by atoms with Crippen molar-refractivity contribution in [3.8, 4) is 0 Å². The minimum absolute atomic E-state index is 0.471. The first-order valence-corrected chi connectivity index (χ1v) is 8.06. The van der Waals surface area contributed by atoms with E-state index in [1.54, 1.807) is 6.92 Å². The lowest BCUT2D eigenvalue weighted by atomic mass is 9.97. The highest BCUT2D eigenvalue weighted by atomic mass is 32.2. The zero-order valence-corrected chi connectivity index (χ0v) is 11.6. The van der Waals surface area contributed by atoms with Crippen LogP contribution in [0.5, 0.6) is 0 Å². The van der Waals surface area contributed by atoms with E-state index in [0.29, 0.717) is 10.5 Å². The lowest BCUT2D eigenvalue weighted by Crippen LogP contribution is -2.16. The second-order valence-electron chi connectivity index (χ2n) is 4.56. The Balaban J connectivity index is 2.52. The van der Waals surface area contributed by atoms with Crippen molar-refractivity contribution in [2.45, 2.75) is 37.9 Å². The van der Waals surface area contributed by atoms with Gasteiger partial charge in [-0.05, 0) is 32.6 Å². The molecule has 1 atom stereocenters. The summed E-state index contributed by atoms with van der Waals surface area (Å²) in [5.41, 5.74) is 2.16. The fourth-order valence-electron chi connectivity index (χ4n) is 2.03. The fraction of sp³-hybridized carbons (Fsp3) is 0.636. The Morgan fingerprint density at radius 1 is 1.35 bits per heavy atom. The Morgan fingerprint density at radius 2 is 2.00 bits per heavy atom. The van der Waals surface area contributed by atoms with E-state index in [1.165, 1.54) is 6.26 Å². The molecule has 1 N–H and O–H groups in total. The largest absolute Gasteiger partial charge is 0.346 e. The number of aromatic amines is 1. The van der Waals surface area contributed by atoms with E-state index in [4.69, 9.17) is 12.2 Å². The molecule has 0 aliphatic heterocycles. The number of hydrogen-bond donors (Lipinski definition) is 1. The van der Waals surface area contributed by atoms with Crippen LogP contribution in [-0.2, 0) is 22.7 Å². The number of rotatable bonds is 2. The van der Waals surface area contributed by atoms with Crippen molar-refractivity contribution in [3.63, 3.8) is 0 Å². The van der Waals surface area contributed by atoms with Gasteiger partial charge in [-0.15, -0.1) is 0 Å². The second-order valence-corrected chi connectivity index (χ2v) is 7.32. The molecule has 0 radical (unpaired) electrons. The molecule has 0 amide bonds. The highest BCUT2D eigenvalue weighted by Gasteiger charge is 2.22. The van der Waals surface area contributed by atoms with Gasteiger partial charge in [-0.1, -0.05) is 12.2 Å². The molecule has 94 valence electrons. The van der Waals surface area contributed by atoms with E-state index in [1.807, 2.05) is 0 Å². The highest BCUT2D eigenvalue weighted by Crippen LogP contribution is 2.23.